The first-order chi connectivity index (χ1) is 12.8. The largest absolute Gasteiger partial charge is 0.507 e. The van der Waals surface area contributed by atoms with Crippen molar-refractivity contribution in [2.75, 3.05) is 6.54 Å². The molecule has 0 amide bonds. The van der Waals surface area contributed by atoms with Crippen molar-refractivity contribution in [1.29, 1.82) is 0 Å². The van der Waals surface area contributed by atoms with Crippen molar-refractivity contribution >= 4 is 22.9 Å². The summed E-state index contributed by atoms with van der Waals surface area (Å²) >= 11 is 0. The minimum atomic E-state index is 0.309. The van der Waals surface area contributed by atoms with E-state index in [1.165, 1.54) is 19.3 Å². The molecule has 2 aromatic carbocycles. The third-order valence-electron chi connectivity index (χ3n) is 4.68. The first-order valence-electron chi connectivity index (χ1n) is 9.36. The number of aromatic nitrogens is 1. The van der Waals surface area contributed by atoms with E-state index < -0.39 is 0 Å². The lowest BCUT2D eigenvalue weighted by atomic mass is 10.0. The van der Waals surface area contributed by atoms with Crippen LogP contribution in [0.5, 0.6) is 5.75 Å². The van der Waals surface area contributed by atoms with Gasteiger partial charge in [-0.25, -0.2) is 4.57 Å². The van der Waals surface area contributed by atoms with Crippen LogP contribution in [0, 0.1) is 0 Å². The van der Waals surface area contributed by atoms with E-state index in [0.717, 1.165) is 41.4 Å². The maximum absolute atomic E-state index is 10.2. The molecule has 0 saturated carbocycles. The van der Waals surface area contributed by atoms with Crippen LogP contribution in [0.2, 0.25) is 0 Å². The second-order valence-corrected chi connectivity index (χ2v) is 6.63. The van der Waals surface area contributed by atoms with Gasteiger partial charge < -0.3 is 10.8 Å². The van der Waals surface area contributed by atoms with E-state index in [-0.39, 0.29) is 0 Å². The summed E-state index contributed by atoms with van der Waals surface area (Å²) in [5.41, 5.74) is 7.50. The van der Waals surface area contributed by atoms with Crippen molar-refractivity contribution in [3.8, 4) is 5.75 Å². The molecule has 0 spiro atoms. The molecule has 134 valence electrons. The summed E-state index contributed by atoms with van der Waals surface area (Å²) in [6.45, 7) is 1.83. The Labute approximate surface area is 155 Å². The van der Waals surface area contributed by atoms with Gasteiger partial charge in [0, 0.05) is 24.1 Å². The van der Waals surface area contributed by atoms with Crippen LogP contribution >= 0.6 is 0 Å². The van der Waals surface area contributed by atoms with E-state index in [9.17, 15) is 5.11 Å². The lowest BCUT2D eigenvalue weighted by molar-refractivity contribution is -0.697. The van der Waals surface area contributed by atoms with Gasteiger partial charge in [-0.05, 0) is 41.8 Å². The molecule has 3 aromatic rings. The van der Waals surface area contributed by atoms with Crippen molar-refractivity contribution in [2.45, 2.75) is 32.2 Å². The number of nitrogens with zero attached hydrogens (tertiary/aromatic N) is 1. The number of phenols is 1. The molecule has 0 aliphatic rings. The highest BCUT2D eigenvalue weighted by Crippen LogP contribution is 2.28. The van der Waals surface area contributed by atoms with Crippen LogP contribution in [0.1, 0.15) is 36.8 Å². The Hall–Kier alpha value is -2.65. The van der Waals surface area contributed by atoms with Crippen molar-refractivity contribution in [3.63, 3.8) is 0 Å². The van der Waals surface area contributed by atoms with Gasteiger partial charge in [0.05, 0.1) is 0 Å². The Bertz CT molecular complexity index is 869. The standard InChI is InChI=1S/C23H26N2O/c24-15-5-1-2-6-16-25-17-13-19(14-18-25)9-11-22-21-8-4-3-7-20(21)10-12-23(22)26/h3-4,7-14,17-18H,1-2,5-6,15-16,24H2/p+1. The molecule has 0 unspecified atom stereocenters. The highest BCUT2D eigenvalue weighted by atomic mass is 16.3. The number of phenolic OH excluding ortho intramolecular Hbond substituents is 1. The number of nitrogens with two attached hydrogens (primary N) is 1. The first-order valence-corrected chi connectivity index (χ1v) is 9.36. The van der Waals surface area contributed by atoms with Crippen molar-refractivity contribution in [3.05, 3.63) is 72.1 Å². The molecule has 1 heterocycles. The molecule has 0 fully saturated rings. The number of rotatable bonds is 8. The van der Waals surface area contributed by atoms with E-state index in [4.69, 9.17) is 5.73 Å². The molecule has 3 heteroatoms. The molecular formula is C23H27N2O+. The number of benzene rings is 2. The second-order valence-electron chi connectivity index (χ2n) is 6.63. The van der Waals surface area contributed by atoms with Gasteiger partial charge >= 0.3 is 0 Å². The molecule has 0 bridgehead atoms. The smallest absolute Gasteiger partial charge is 0.169 e. The van der Waals surface area contributed by atoms with Crippen molar-refractivity contribution in [1.82, 2.24) is 0 Å². The van der Waals surface area contributed by atoms with E-state index in [1.807, 2.05) is 36.4 Å². The lowest BCUT2D eigenvalue weighted by Gasteiger charge is -2.05. The third kappa shape index (κ3) is 4.70. The molecular weight excluding hydrogens is 320 g/mol. The summed E-state index contributed by atoms with van der Waals surface area (Å²) in [5.74, 6) is 0.309. The van der Waals surface area contributed by atoms with Crippen molar-refractivity contribution in [2.24, 2.45) is 5.73 Å². The summed E-state index contributed by atoms with van der Waals surface area (Å²) in [6.07, 6.45) is 13.0. The fraction of sp³-hybridized carbons (Fsp3) is 0.261. The van der Waals surface area contributed by atoms with E-state index in [0.29, 0.717) is 5.75 Å². The summed E-state index contributed by atoms with van der Waals surface area (Å²) in [7, 11) is 0. The number of aryl methyl sites for hydroxylation is 1. The molecule has 3 rings (SSSR count). The van der Waals surface area contributed by atoms with Gasteiger partial charge in [-0.3, -0.25) is 0 Å². The summed E-state index contributed by atoms with van der Waals surface area (Å²) in [5, 5.41) is 12.4. The van der Waals surface area contributed by atoms with Crippen LogP contribution in [0.25, 0.3) is 22.9 Å². The van der Waals surface area contributed by atoms with E-state index in [1.54, 1.807) is 6.07 Å². The molecule has 0 aliphatic heterocycles. The molecule has 26 heavy (non-hydrogen) atoms. The fourth-order valence-electron chi connectivity index (χ4n) is 3.16. The molecule has 3 nitrogen and oxygen atoms in total. The lowest BCUT2D eigenvalue weighted by Crippen LogP contribution is -2.32. The van der Waals surface area contributed by atoms with Crippen LogP contribution in [-0.4, -0.2) is 11.7 Å². The summed E-state index contributed by atoms with van der Waals surface area (Å²) in [6, 6.07) is 16.0. The third-order valence-corrected chi connectivity index (χ3v) is 4.68. The monoisotopic (exact) mass is 347 g/mol. The number of hydrogen-bond donors (Lipinski definition) is 2. The Kier molecular flexibility index (Phi) is 6.39. The second kappa shape index (κ2) is 9.16. The van der Waals surface area contributed by atoms with Gasteiger partial charge in [0.2, 0.25) is 0 Å². The molecule has 0 atom stereocenters. The Balaban J connectivity index is 1.67. The van der Waals surface area contributed by atoms with Gasteiger partial charge in [-0.1, -0.05) is 48.9 Å². The van der Waals surface area contributed by atoms with Gasteiger partial charge in [-0.2, -0.15) is 0 Å². The quantitative estimate of drug-likeness (QED) is 0.465. The maximum Gasteiger partial charge on any atom is 0.169 e. The number of hydrogen-bond acceptors (Lipinski definition) is 2. The van der Waals surface area contributed by atoms with Gasteiger partial charge in [0.15, 0.2) is 12.4 Å². The minimum absolute atomic E-state index is 0.309. The molecule has 3 N–H and O–H groups in total. The predicted molar refractivity (Wildman–Crippen MR) is 109 cm³/mol. The Morgan fingerprint density at radius 1 is 0.846 bits per heavy atom. The van der Waals surface area contributed by atoms with Crippen LogP contribution in [0.4, 0.5) is 0 Å². The van der Waals surface area contributed by atoms with Crippen LogP contribution < -0.4 is 10.3 Å². The topological polar surface area (TPSA) is 50.1 Å². The highest BCUT2D eigenvalue weighted by Gasteiger charge is 2.04. The SMILES string of the molecule is NCCCCCC[n+]1ccc(/C=C/c2c(O)ccc3ccccc23)cc1. The maximum atomic E-state index is 10.2. The predicted octanol–water partition coefficient (Wildman–Crippen LogP) is 4.52. The number of fused-ring (bicyclic) bond motifs is 1. The summed E-state index contributed by atoms with van der Waals surface area (Å²) in [4.78, 5) is 0. The van der Waals surface area contributed by atoms with E-state index >= 15 is 0 Å². The van der Waals surface area contributed by atoms with Gasteiger partial charge in [0.25, 0.3) is 0 Å². The average molecular weight is 347 g/mol. The van der Waals surface area contributed by atoms with Gasteiger partial charge in [0.1, 0.15) is 12.3 Å². The van der Waals surface area contributed by atoms with Crippen LogP contribution in [-0.2, 0) is 6.54 Å². The van der Waals surface area contributed by atoms with E-state index in [2.05, 4.69) is 35.2 Å². The Morgan fingerprint density at radius 3 is 2.42 bits per heavy atom. The number of unbranched alkanes of at least 4 members (excludes halogenated alkanes) is 3. The zero-order valence-corrected chi connectivity index (χ0v) is 15.1. The van der Waals surface area contributed by atoms with Gasteiger partial charge in [-0.15, -0.1) is 0 Å². The number of pyridine rings is 1. The number of aromatic hydroxyl groups is 1. The van der Waals surface area contributed by atoms with Crippen LogP contribution in [0.15, 0.2) is 60.9 Å². The normalized spacial score (nSPS) is 11.4. The molecule has 1 aromatic heterocycles. The van der Waals surface area contributed by atoms with Crippen LogP contribution in [0.3, 0.4) is 0 Å². The molecule has 0 saturated heterocycles. The highest BCUT2D eigenvalue weighted by molar-refractivity contribution is 5.95. The summed E-state index contributed by atoms with van der Waals surface area (Å²) < 4.78 is 2.22. The first kappa shape index (κ1) is 18.2. The zero-order chi connectivity index (χ0) is 18.2. The molecule has 0 radical (unpaired) electrons. The average Bonchev–Trinajstić information content (AvgIpc) is 2.68. The minimum Gasteiger partial charge on any atom is -0.507 e. The molecule has 0 aliphatic carbocycles. The Morgan fingerprint density at radius 2 is 1.62 bits per heavy atom. The van der Waals surface area contributed by atoms with Crippen molar-refractivity contribution < 1.29 is 9.67 Å². The fourth-order valence-corrected chi connectivity index (χ4v) is 3.16. The zero-order valence-electron chi connectivity index (χ0n) is 15.1.